The molecule has 3 rings (SSSR count). The van der Waals surface area contributed by atoms with Crippen molar-refractivity contribution in [3.8, 4) is 11.8 Å². The normalized spacial score (nSPS) is 9.83. The van der Waals surface area contributed by atoms with E-state index in [4.69, 9.17) is 0 Å². The molecular weight excluding hydrogens is 300 g/mol. The summed E-state index contributed by atoms with van der Waals surface area (Å²) in [5.74, 6) is 5.04. The zero-order valence-corrected chi connectivity index (χ0v) is 13.0. The Balaban J connectivity index is 1.52. The van der Waals surface area contributed by atoms with E-state index < -0.39 is 0 Å². The first-order valence-electron chi connectivity index (χ1n) is 7.57. The summed E-state index contributed by atoms with van der Waals surface area (Å²) in [4.78, 5) is 11.7. The highest BCUT2D eigenvalue weighted by Gasteiger charge is 2.03. The van der Waals surface area contributed by atoms with Gasteiger partial charge in [-0.25, -0.2) is 4.68 Å². The minimum atomic E-state index is -0.337. The molecule has 0 saturated heterocycles. The first kappa shape index (κ1) is 15.5. The standard InChI is InChI=1S/C19H16N4O/c24-19(12-11-16-7-3-1-4-8-16)20-13-18-15-23(22-21-18)14-17-9-5-2-6-10-17/h1-10,15H,13-14H2,(H,20,24). The highest BCUT2D eigenvalue weighted by atomic mass is 16.1. The van der Waals surface area contributed by atoms with E-state index in [1.807, 2.05) is 66.9 Å². The Morgan fingerprint density at radius 2 is 1.75 bits per heavy atom. The SMILES string of the molecule is O=C(C#Cc1ccccc1)NCc1cn(Cc2ccccc2)nn1. The van der Waals surface area contributed by atoms with Crippen molar-refractivity contribution in [3.63, 3.8) is 0 Å². The third kappa shape index (κ3) is 4.55. The van der Waals surface area contributed by atoms with E-state index in [1.165, 1.54) is 0 Å². The van der Waals surface area contributed by atoms with Crippen molar-refractivity contribution in [2.24, 2.45) is 0 Å². The van der Waals surface area contributed by atoms with Gasteiger partial charge >= 0.3 is 0 Å². The molecule has 0 saturated carbocycles. The Hall–Kier alpha value is -3.39. The second-order valence-corrected chi connectivity index (χ2v) is 5.19. The van der Waals surface area contributed by atoms with Gasteiger partial charge in [0.1, 0.15) is 5.69 Å². The third-order valence-electron chi connectivity index (χ3n) is 3.30. The van der Waals surface area contributed by atoms with Crippen molar-refractivity contribution < 1.29 is 4.79 Å². The van der Waals surface area contributed by atoms with Crippen LogP contribution in [0.2, 0.25) is 0 Å². The number of nitrogens with one attached hydrogen (secondary N) is 1. The largest absolute Gasteiger partial charge is 0.339 e. The van der Waals surface area contributed by atoms with Gasteiger partial charge in [0.15, 0.2) is 0 Å². The monoisotopic (exact) mass is 316 g/mol. The van der Waals surface area contributed by atoms with E-state index in [1.54, 1.807) is 4.68 Å². The maximum atomic E-state index is 11.7. The molecule has 118 valence electrons. The maximum Gasteiger partial charge on any atom is 0.296 e. The zero-order valence-electron chi connectivity index (χ0n) is 13.0. The summed E-state index contributed by atoms with van der Waals surface area (Å²) in [5.41, 5.74) is 2.65. The predicted molar refractivity (Wildman–Crippen MR) is 90.7 cm³/mol. The highest BCUT2D eigenvalue weighted by Crippen LogP contribution is 2.02. The van der Waals surface area contributed by atoms with E-state index in [9.17, 15) is 4.79 Å². The summed E-state index contributed by atoms with van der Waals surface area (Å²) >= 11 is 0. The fraction of sp³-hybridized carbons (Fsp3) is 0.105. The molecule has 2 aromatic carbocycles. The van der Waals surface area contributed by atoms with Gasteiger partial charge in [0.2, 0.25) is 0 Å². The van der Waals surface area contributed by atoms with Crippen LogP contribution in [0.5, 0.6) is 0 Å². The van der Waals surface area contributed by atoms with Gasteiger partial charge in [0, 0.05) is 11.5 Å². The van der Waals surface area contributed by atoms with E-state index in [0.29, 0.717) is 18.8 Å². The Morgan fingerprint density at radius 3 is 2.50 bits per heavy atom. The van der Waals surface area contributed by atoms with Crippen LogP contribution in [0.3, 0.4) is 0 Å². The number of hydrogen-bond donors (Lipinski definition) is 1. The average molecular weight is 316 g/mol. The van der Waals surface area contributed by atoms with E-state index in [-0.39, 0.29) is 5.91 Å². The van der Waals surface area contributed by atoms with Gasteiger partial charge < -0.3 is 5.32 Å². The van der Waals surface area contributed by atoms with Crippen LogP contribution >= 0.6 is 0 Å². The van der Waals surface area contributed by atoms with Gasteiger partial charge in [0.25, 0.3) is 5.91 Å². The van der Waals surface area contributed by atoms with Crippen LogP contribution in [0.25, 0.3) is 0 Å². The number of aromatic nitrogens is 3. The summed E-state index contributed by atoms with van der Waals surface area (Å²) in [6.45, 7) is 0.951. The summed E-state index contributed by atoms with van der Waals surface area (Å²) < 4.78 is 1.74. The number of amides is 1. The highest BCUT2D eigenvalue weighted by molar-refractivity contribution is 5.93. The summed E-state index contributed by atoms with van der Waals surface area (Å²) in [7, 11) is 0. The van der Waals surface area contributed by atoms with E-state index in [2.05, 4.69) is 27.5 Å². The van der Waals surface area contributed by atoms with E-state index >= 15 is 0 Å². The molecule has 5 heteroatoms. The summed E-state index contributed by atoms with van der Waals surface area (Å²) in [6, 6.07) is 19.4. The lowest BCUT2D eigenvalue weighted by Crippen LogP contribution is -2.21. The molecule has 0 bridgehead atoms. The van der Waals surface area contributed by atoms with Gasteiger partial charge in [-0.05, 0) is 17.7 Å². The maximum absolute atomic E-state index is 11.7. The van der Waals surface area contributed by atoms with Crippen LogP contribution < -0.4 is 5.32 Å². The number of benzene rings is 2. The molecule has 24 heavy (non-hydrogen) atoms. The second-order valence-electron chi connectivity index (χ2n) is 5.19. The molecule has 3 aromatic rings. The van der Waals surface area contributed by atoms with Crippen LogP contribution in [0.4, 0.5) is 0 Å². The number of nitrogens with zero attached hydrogens (tertiary/aromatic N) is 3. The lowest BCUT2D eigenvalue weighted by molar-refractivity contribution is -0.115. The lowest BCUT2D eigenvalue weighted by atomic mass is 10.2. The van der Waals surface area contributed by atoms with Crippen LogP contribution in [0.1, 0.15) is 16.8 Å². The molecule has 1 heterocycles. The molecule has 0 radical (unpaired) electrons. The Kier molecular flexibility index (Phi) is 5.00. The molecule has 1 amide bonds. The van der Waals surface area contributed by atoms with Crippen molar-refractivity contribution in [3.05, 3.63) is 83.7 Å². The molecule has 0 aliphatic heterocycles. The van der Waals surface area contributed by atoms with Gasteiger partial charge in [-0.1, -0.05) is 59.7 Å². The molecule has 1 N–H and O–H groups in total. The van der Waals surface area contributed by atoms with Crippen LogP contribution in [-0.4, -0.2) is 20.9 Å². The molecular formula is C19H16N4O. The molecule has 1 aromatic heterocycles. The first-order chi connectivity index (χ1) is 11.8. The fourth-order valence-corrected chi connectivity index (χ4v) is 2.13. The Bertz CT molecular complexity index is 860. The van der Waals surface area contributed by atoms with Crippen molar-refractivity contribution in [2.75, 3.05) is 0 Å². The molecule has 5 nitrogen and oxygen atoms in total. The van der Waals surface area contributed by atoms with Crippen molar-refractivity contribution >= 4 is 5.91 Å². The molecule has 0 unspecified atom stereocenters. The molecule has 0 atom stereocenters. The minimum absolute atomic E-state index is 0.303. The minimum Gasteiger partial charge on any atom is -0.339 e. The first-order valence-corrected chi connectivity index (χ1v) is 7.57. The molecule has 0 aliphatic rings. The predicted octanol–water partition coefficient (Wildman–Crippen LogP) is 1.99. The van der Waals surface area contributed by atoms with Crippen molar-refractivity contribution in [1.82, 2.24) is 20.3 Å². The third-order valence-corrected chi connectivity index (χ3v) is 3.30. The zero-order chi connectivity index (χ0) is 16.6. The molecule has 0 fully saturated rings. The summed E-state index contributed by atoms with van der Waals surface area (Å²) in [5, 5.41) is 10.8. The van der Waals surface area contributed by atoms with Gasteiger partial charge in [0.05, 0.1) is 19.3 Å². The van der Waals surface area contributed by atoms with Crippen LogP contribution in [0.15, 0.2) is 66.9 Å². The quantitative estimate of drug-likeness (QED) is 0.749. The Morgan fingerprint density at radius 1 is 1.04 bits per heavy atom. The number of carbonyl (C=O) groups excluding carboxylic acids is 1. The lowest BCUT2D eigenvalue weighted by Gasteiger charge is -1.99. The topological polar surface area (TPSA) is 59.8 Å². The van der Waals surface area contributed by atoms with Crippen LogP contribution in [0, 0.1) is 11.8 Å². The summed E-state index contributed by atoms with van der Waals surface area (Å²) in [6.07, 6.45) is 1.82. The smallest absolute Gasteiger partial charge is 0.296 e. The van der Waals surface area contributed by atoms with Gasteiger partial charge in [-0.2, -0.15) is 0 Å². The molecule has 0 aliphatic carbocycles. The number of hydrogen-bond acceptors (Lipinski definition) is 3. The number of rotatable bonds is 4. The van der Waals surface area contributed by atoms with Crippen LogP contribution in [-0.2, 0) is 17.9 Å². The number of carbonyl (C=O) groups is 1. The fourth-order valence-electron chi connectivity index (χ4n) is 2.13. The van der Waals surface area contributed by atoms with Gasteiger partial charge in [-0.3, -0.25) is 4.79 Å². The van der Waals surface area contributed by atoms with E-state index in [0.717, 1.165) is 11.1 Å². The van der Waals surface area contributed by atoms with Crippen molar-refractivity contribution in [1.29, 1.82) is 0 Å². The van der Waals surface area contributed by atoms with Crippen molar-refractivity contribution in [2.45, 2.75) is 13.1 Å². The van der Waals surface area contributed by atoms with Gasteiger partial charge in [-0.15, -0.1) is 5.10 Å². The second kappa shape index (κ2) is 7.75. The molecule has 0 spiro atoms. The Labute approximate surface area is 140 Å². The average Bonchev–Trinajstić information content (AvgIpc) is 3.07.